The minimum absolute atomic E-state index is 0.270. The first-order valence-corrected chi connectivity index (χ1v) is 4.18. The highest BCUT2D eigenvalue weighted by atomic mass is 16.2. The van der Waals surface area contributed by atoms with Gasteiger partial charge in [-0.3, -0.25) is 0 Å². The Balaban J connectivity index is 3.91. The zero-order valence-electron chi connectivity index (χ0n) is 7.51. The molecule has 1 N–H and O–H groups in total. The third-order valence-electron chi connectivity index (χ3n) is 1.75. The second kappa shape index (κ2) is 6.17. The normalized spacial score (nSPS) is 14.6. The van der Waals surface area contributed by atoms with Crippen LogP contribution in [-0.4, -0.2) is 11.7 Å². The first-order valence-electron chi connectivity index (χ1n) is 4.18. The van der Waals surface area contributed by atoms with Gasteiger partial charge in [0.1, 0.15) is 0 Å². The fourth-order valence-electron chi connectivity index (χ4n) is 0.983. The highest BCUT2D eigenvalue weighted by molar-refractivity contribution is 5.16. The van der Waals surface area contributed by atoms with Crippen LogP contribution in [-0.2, 0) is 0 Å². The summed E-state index contributed by atoms with van der Waals surface area (Å²) in [6.07, 6.45) is 5.92. The maximum Gasteiger partial charge on any atom is 0.0436 e. The summed E-state index contributed by atoms with van der Waals surface area (Å²) in [7, 11) is 0. The SMILES string of the molecule is C=C/C(=C\[C@H](C)CCO)CC. The molecule has 0 aromatic carbocycles. The minimum Gasteiger partial charge on any atom is -0.396 e. The van der Waals surface area contributed by atoms with Crippen LogP contribution in [0.25, 0.3) is 0 Å². The quantitative estimate of drug-likeness (QED) is 0.603. The average Bonchev–Trinajstić information content (AvgIpc) is 2.01. The largest absolute Gasteiger partial charge is 0.396 e. The van der Waals surface area contributed by atoms with Gasteiger partial charge in [-0.2, -0.15) is 0 Å². The zero-order valence-corrected chi connectivity index (χ0v) is 7.51. The lowest BCUT2D eigenvalue weighted by molar-refractivity contribution is 0.274. The first kappa shape index (κ1) is 10.4. The molecular formula is C10H18O. The summed E-state index contributed by atoms with van der Waals surface area (Å²) in [6, 6.07) is 0. The Morgan fingerprint density at radius 1 is 1.64 bits per heavy atom. The summed E-state index contributed by atoms with van der Waals surface area (Å²) >= 11 is 0. The second-order valence-corrected chi connectivity index (χ2v) is 2.79. The molecule has 0 aromatic heterocycles. The topological polar surface area (TPSA) is 20.2 Å². The Labute approximate surface area is 69.4 Å². The molecule has 0 radical (unpaired) electrons. The van der Waals surface area contributed by atoms with E-state index in [4.69, 9.17) is 5.11 Å². The van der Waals surface area contributed by atoms with E-state index in [9.17, 15) is 0 Å². The van der Waals surface area contributed by atoms with Crippen molar-refractivity contribution < 1.29 is 5.11 Å². The molecule has 0 aromatic rings. The summed E-state index contributed by atoms with van der Waals surface area (Å²) in [5, 5.41) is 8.64. The van der Waals surface area contributed by atoms with Gasteiger partial charge in [0, 0.05) is 6.61 Å². The molecule has 64 valence electrons. The van der Waals surface area contributed by atoms with E-state index >= 15 is 0 Å². The molecule has 0 aliphatic rings. The molecule has 1 nitrogen and oxygen atoms in total. The van der Waals surface area contributed by atoms with Crippen LogP contribution >= 0.6 is 0 Å². The van der Waals surface area contributed by atoms with E-state index in [1.54, 1.807) is 0 Å². The Morgan fingerprint density at radius 2 is 2.27 bits per heavy atom. The number of rotatable bonds is 5. The van der Waals surface area contributed by atoms with Crippen molar-refractivity contribution >= 4 is 0 Å². The van der Waals surface area contributed by atoms with Crippen molar-refractivity contribution in [2.24, 2.45) is 5.92 Å². The van der Waals surface area contributed by atoms with Gasteiger partial charge >= 0.3 is 0 Å². The monoisotopic (exact) mass is 154 g/mol. The van der Waals surface area contributed by atoms with Gasteiger partial charge in [0.25, 0.3) is 0 Å². The fourth-order valence-corrected chi connectivity index (χ4v) is 0.983. The summed E-state index contributed by atoms with van der Waals surface area (Å²) in [5.74, 6) is 0.466. The molecular weight excluding hydrogens is 136 g/mol. The predicted octanol–water partition coefficient (Wildman–Crippen LogP) is 2.53. The van der Waals surface area contributed by atoms with E-state index in [2.05, 4.69) is 26.5 Å². The van der Waals surface area contributed by atoms with Crippen molar-refractivity contribution in [3.63, 3.8) is 0 Å². The van der Waals surface area contributed by atoms with Gasteiger partial charge in [0.2, 0.25) is 0 Å². The number of aliphatic hydroxyl groups is 1. The highest BCUT2D eigenvalue weighted by Gasteiger charge is 1.96. The Kier molecular flexibility index (Phi) is 5.86. The van der Waals surface area contributed by atoms with E-state index in [1.807, 2.05) is 6.08 Å². The van der Waals surface area contributed by atoms with Crippen molar-refractivity contribution in [3.05, 3.63) is 24.3 Å². The molecule has 0 amide bonds. The number of allylic oxidation sites excluding steroid dienone is 3. The minimum atomic E-state index is 0.270. The van der Waals surface area contributed by atoms with Gasteiger partial charge in [0.15, 0.2) is 0 Å². The number of hydrogen-bond donors (Lipinski definition) is 1. The van der Waals surface area contributed by atoms with E-state index in [1.165, 1.54) is 5.57 Å². The van der Waals surface area contributed by atoms with Crippen LogP contribution in [0, 0.1) is 5.92 Å². The Morgan fingerprint density at radius 3 is 2.64 bits per heavy atom. The predicted molar refractivity (Wildman–Crippen MR) is 49.4 cm³/mol. The molecule has 0 saturated heterocycles. The lowest BCUT2D eigenvalue weighted by Gasteiger charge is -2.04. The molecule has 0 aliphatic carbocycles. The van der Waals surface area contributed by atoms with Crippen LogP contribution in [0.1, 0.15) is 26.7 Å². The Bertz CT molecular complexity index is 136. The second-order valence-electron chi connectivity index (χ2n) is 2.79. The molecule has 0 aliphatic heterocycles. The van der Waals surface area contributed by atoms with Gasteiger partial charge in [0.05, 0.1) is 0 Å². The molecule has 0 fully saturated rings. The smallest absolute Gasteiger partial charge is 0.0436 e. The van der Waals surface area contributed by atoms with Crippen molar-refractivity contribution in [1.82, 2.24) is 0 Å². The first-order chi connectivity index (χ1) is 5.24. The molecule has 1 atom stereocenters. The molecule has 0 saturated carbocycles. The van der Waals surface area contributed by atoms with Crippen molar-refractivity contribution in [3.8, 4) is 0 Å². The van der Waals surface area contributed by atoms with Crippen LogP contribution in [0.4, 0.5) is 0 Å². The molecule has 11 heavy (non-hydrogen) atoms. The van der Waals surface area contributed by atoms with E-state index in [-0.39, 0.29) is 6.61 Å². The van der Waals surface area contributed by atoms with Crippen LogP contribution < -0.4 is 0 Å². The van der Waals surface area contributed by atoms with Gasteiger partial charge in [-0.15, -0.1) is 0 Å². The van der Waals surface area contributed by atoms with Gasteiger partial charge < -0.3 is 5.11 Å². The van der Waals surface area contributed by atoms with Crippen molar-refractivity contribution in [1.29, 1.82) is 0 Å². The summed E-state index contributed by atoms with van der Waals surface area (Å²) in [5.41, 5.74) is 1.27. The van der Waals surface area contributed by atoms with E-state index in [0.717, 1.165) is 12.8 Å². The maximum atomic E-state index is 8.64. The average molecular weight is 154 g/mol. The molecule has 0 spiro atoms. The van der Waals surface area contributed by atoms with Crippen LogP contribution in [0.3, 0.4) is 0 Å². The van der Waals surface area contributed by atoms with Crippen LogP contribution in [0.15, 0.2) is 24.3 Å². The third-order valence-corrected chi connectivity index (χ3v) is 1.75. The van der Waals surface area contributed by atoms with Gasteiger partial charge in [-0.1, -0.05) is 38.2 Å². The molecule has 0 rings (SSSR count). The van der Waals surface area contributed by atoms with Crippen molar-refractivity contribution in [2.75, 3.05) is 6.61 Å². The maximum absolute atomic E-state index is 8.64. The zero-order chi connectivity index (χ0) is 8.69. The van der Waals surface area contributed by atoms with E-state index in [0.29, 0.717) is 5.92 Å². The van der Waals surface area contributed by atoms with Crippen molar-refractivity contribution in [2.45, 2.75) is 26.7 Å². The molecule has 0 unspecified atom stereocenters. The lowest BCUT2D eigenvalue weighted by atomic mass is 10.0. The summed E-state index contributed by atoms with van der Waals surface area (Å²) in [4.78, 5) is 0. The standard InChI is InChI=1S/C10H18O/c1-4-10(5-2)8-9(3)6-7-11/h4,8-9,11H,1,5-7H2,2-3H3/b10-8+/t9-/m1/s1. The van der Waals surface area contributed by atoms with Crippen LogP contribution in [0.2, 0.25) is 0 Å². The number of aliphatic hydroxyl groups excluding tert-OH is 1. The fraction of sp³-hybridized carbons (Fsp3) is 0.600. The molecule has 1 heteroatoms. The van der Waals surface area contributed by atoms with Crippen LogP contribution in [0.5, 0.6) is 0 Å². The number of hydrogen-bond acceptors (Lipinski definition) is 1. The van der Waals surface area contributed by atoms with Gasteiger partial charge in [-0.25, -0.2) is 0 Å². The lowest BCUT2D eigenvalue weighted by Crippen LogP contribution is -1.94. The third kappa shape index (κ3) is 4.79. The summed E-state index contributed by atoms with van der Waals surface area (Å²) < 4.78 is 0. The summed E-state index contributed by atoms with van der Waals surface area (Å²) in [6.45, 7) is 8.20. The highest BCUT2D eigenvalue weighted by Crippen LogP contribution is 2.10. The van der Waals surface area contributed by atoms with Gasteiger partial charge in [-0.05, 0) is 18.8 Å². The van der Waals surface area contributed by atoms with E-state index < -0.39 is 0 Å². The Hall–Kier alpha value is -0.560. The molecule has 0 heterocycles. The molecule has 0 bridgehead atoms.